The molecule has 14 N–H and O–H groups in total. The van der Waals surface area contributed by atoms with Gasteiger partial charge in [-0.15, -0.1) is 0 Å². The molecule has 1 saturated heterocycles. The van der Waals surface area contributed by atoms with Gasteiger partial charge in [0, 0.05) is 12.1 Å². The molecule has 0 bridgehead atoms. The third-order valence-electron chi connectivity index (χ3n) is 6.22. The molecule has 3 rings (SSSR count). The number of rotatable bonds is 6. The molecule has 1 aliphatic carbocycles. The first kappa shape index (κ1) is 31.2. The van der Waals surface area contributed by atoms with E-state index in [0.29, 0.717) is 18.6 Å². The van der Waals surface area contributed by atoms with Crippen molar-refractivity contribution in [3.05, 3.63) is 11.8 Å². The smallest absolute Gasteiger partial charge is 0.394 e. The van der Waals surface area contributed by atoms with Crippen molar-refractivity contribution in [3.63, 3.8) is 0 Å². The van der Waals surface area contributed by atoms with Crippen LogP contribution in [0.3, 0.4) is 0 Å². The highest BCUT2D eigenvalue weighted by Gasteiger charge is 2.50. The van der Waals surface area contributed by atoms with Gasteiger partial charge in [-0.3, -0.25) is 9.11 Å². The van der Waals surface area contributed by atoms with Crippen LogP contribution in [0.1, 0.15) is 19.8 Å². The zero-order valence-corrected chi connectivity index (χ0v) is 20.9. The van der Waals surface area contributed by atoms with Gasteiger partial charge in [-0.25, -0.2) is 0 Å². The van der Waals surface area contributed by atoms with Gasteiger partial charge in [0.05, 0.1) is 25.2 Å². The largest absolute Gasteiger partial charge is 0.467 e. The topological polar surface area (TPSA) is 288 Å². The van der Waals surface area contributed by atoms with Crippen molar-refractivity contribution in [1.82, 2.24) is 5.32 Å². The van der Waals surface area contributed by atoms with Gasteiger partial charge in [-0.05, 0) is 32.9 Å². The summed E-state index contributed by atoms with van der Waals surface area (Å²) in [5.41, 5.74) is 22.9. The molecular formula is C19H39N5O11S. The summed E-state index contributed by atoms with van der Waals surface area (Å²) in [6.45, 7) is 1.68. The predicted molar refractivity (Wildman–Crippen MR) is 124 cm³/mol. The minimum absolute atomic E-state index is 0.0727. The lowest BCUT2D eigenvalue weighted by Crippen LogP contribution is -2.68. The summed E-state index contributed by atoms with van der Waals surface area (Å²) in [5.74, 6) is 0.555. The molecule has 0 spiro atoms. The zero-order valence-electron chi connectivity index (χ0n) is 20.1. The standard InChI is InChI=1S/C19H37N5O7.H2O4S/c1-19(27)7-28-18(13(26)16(19)24-2)31-15-11(23)5-10(22)14(12(15)25)30-17-9(21)4-3-8(6-20)29-17;1-5(2,3)4/h3,9-18,24-27H,4-7,20-23H2,1-2H3;(H2,1,2,3,4)/t9?,10-,11+,12?,13?,14+,15-,16?,17?,18?,19+;/m1./s1. The van der Waals surface area contributed by atoms with E-state index in [1.165, 1.54) is 0 Å². The second kappa shape index (κ2) is 12.7. The zero-order chi connectivity index (χ0) is 27.4. The number of likely N-dealkylation sites (N-methyl/N-ethyl adjacent to an activating group) is 1. The van der Waals surface area contributed by atoms with E-state index >= 15 is 0 Å². The Kier molecular flexibility index (Phi) is 11.0. The maximum absolute atomic E-state index is 11.0. The van der Waals surface area contributed by atoms with Crippen molar-refractivity contribution in [2.75, 3.05) is 20.2 Å². The van der Waals surface area contributed by atoms with Gasteiger partial charge in [0.1, 0.15) is 35.8 Å². The highest BCUT2D eigenvalue weighted by molar-refractivity contribution is 7.79. The van der Waals surface area contributed by atoms with E-state index in [1.54, 1.807) is 20.0 Å². The number of hydrogen-bond donors (Lipinski definition) is 10. The Bertz CT molecular complexity index is 840. The summed E-state index contributed by atoms with van der Waals surface area (Å²) in [5, 5.41) is 34.9. The van der Waals surface area contributed by atoms with Crippen molar-refractivity contribution >= 4 is 10.4 Å². The van der Waals surface area contributed by atoms with Crippen molar-refractivity contribution in [2.45, 2.75) is 86.5 Å². The van der Waals surface area contributed by atoms with Gasteiger partial charge >= 0.3 is 10.4 Å². The lowest BCUT2D eigenvalue weighted by molar-refractivity contribution is -0.303. The first-order valence-electron chi connectivity index (χ1n) is 11.3. The third-order valence-corrected chi connectivity index (χ3v) is 6.22. The Morgan fingerprint density at radius 1 is 1.08 bits per heavy atom. The number of ether oxygens (including phenoxy) is 4. The van der Waals surface area contributed by atoms with E-state index < -0.39 is 77.2 Å². The average Bonchev–Trinajstić information content (AvgIpc) is 2.75. The summed E-state index contributed by atoms with van der Waals surface area (Å²) in [6, 6.07) is -2.37. The fourth-order valence-electron chi connectivity index (χ4n) is 4.44. The molecule has 2 heterocycles. The van der Waals surface area contributed by atoms with Crippen LogP contribution in [0.15, 0.2) is 11.8 Å². The van der Waals surface area contributed by atoms with E-state index in [0.717, 1.165) is 0 Å². The van der Waals surface area contributed by atoms with Gasteiger partial charge in [-0.1, -0.05) is 0 Å². The molecule has 1 saturated carbocycles. The molecule has 3 aliphatic rings. The average molecular weight is 546 g/mol. The highest BCUT2D eigenvalue weighted by Crippen LogP contribution is 2.31. The molecule has 2 fully saturated rings. The van der Waals surface area contributed by atoms with Crippen LogP contribution in [0.4, 0.5) is 0 Å². The quantitative estimate of drug-likeness (QED) is 0.141. The number of nitrogens with one attached hydrogen (secondary N) is 1. The Labute approximate surface area is 209 Å². The minimum atomic E-state index is -4.67. The van der Waals surface area contributed by atoms with Gasteiger partial charge < -0.3 is 62.5 Å². The van der Waals surface area contributed by atoms with Crippen LogP contribution in [0.25, 0.3) is 0 Å². The summed E-state index contributed by atoms with van der Waals surface area (Å²) in [4.78, 5) is 0. The Balaban J connectivity index is 0.000000830. The monoisotopic (exact) mass is 545 g/mol. The van der Waals surface area contributed by atoms with E-state index in [-0.39, 0.29) is 13.2 Å². The molecule has 212 valence electrons. The van der Waals surface area contributed by atoms with Crippen LogP contribution in [0, 0.1) is 0 Å². The lowest BCUT2D eigenvalue weighted by Gasteiger charge is -2.48. The first-order valence-corrected chi connectivity index (χ1v) is 12.7. The van der Waals surface area contributed by atoms with Gasteiger partial charge in [0.2, 0.25) is 6.29 Å². The van der Waals surface area contributed by atoms with Crippen LogP contribution >= 0.6 is 0 Å². The molecular weight excluding hydrogens is 506 g/mol. The van der Waals surface area contributed by atoms with E-state index in [4.69, 9.17) is 59.4 Å². The van der Waals surface area contributed by atoms with Crippen molar-refractivity contribution < 1.29 is 51.8 Å². The summed E-state index contributed by atoms with van der Waals surface area (Å²) < 4.78 is 54.6. The van der Waals surface area contributed by atoms with Gasteiger partial charge in [0.25, 0.3) is 0 Å². The molecule has 17 heteroatoms. The number of aliphatic hydroxyl groups is 3. The number of hydrogen-bond acceptors (Lipinski definition) is 14. The number of nitrogens with two attached hydrogens (primary N) is 4. The molecule has 0 amide bonds. The fraction of sp³-hybridized carbons (Fsp3) is 0.895. The van der Waals surface area contributed by atoms with E-state index in [1.807, 2.05) is 0 Å². The van der Waals surface area contributed by atoms with Crippen molar-refractivity contribution in [3.8, 4) is 0 Å². The first-order chi connectivity index (χ1) is 16.6. The molecule has 36 heavy (non-hydrogen) atoms. The van der Waals surface area contributed by atoms with E-state index in [9.17, 15) is 15.3 Å². The Morgan fingerprint density at radius 2 is 1.61 bits per heavy atom. The van der Waals surface area contributed by atoms with Gasteiger partial charge in [0.15, 0.2) is 6.29 Å². The number of aliphatic hydroxyl groups excluding tert-OH is 2. The van der Waals surface area contributed by atoms with Gasteiger partial charge in [-0.2, -0.15) is 8.42 Å². The summed E-state index contributed by atoms with van der Waals surface area (Å²) in [7, 11) is -3.05. The second-order valence-electron chi connectivity index (χ2n) is 9.26. The molecule has 11 atom stereocenters. The second-order valence-corrected chi connectivity index (χ2v) is 10.2. The normalized spacial score (nSPS) is 43.6. The van der Waals surface area contributed by atoms with Crippen LogP contribution in [-0.4, -0.2) is 120 Å². The molecule has 0 aromatic carbocycles. The molecule has 16 nitrogen and oxygen atoms in total. The molecule has 6 unspecified atom stereocenters. The summed E-state index contributed by atoms with van der Waals surface area (Å²) in [6.07, 6.45) is -3.56. The molecule has 2 aliphatic heterocycles. The van der Waals surface area contributed by atoms with Crippen LogP contribution < -0.4 is 28.3 Å². The predicted octanol–water partition coefficient (Wildman–Crippen LogP) is -4.50. The fourth-order valence-corrected chi connectivity index (χ4v) is 4.44. The maximum Gasteiger partial charge on any atom is 0.394 e. The molecule has 0 aromatic heterocycles. The van der Waals surface area contributed by atoms with Crippen LogP contribution in [0.5, 0.6) is 0 Å². The SMILES string of the molecule is CNC1C(O)C(O[C@H]2C(O)[C@@H](OC3OC(CN)=CCC3N)[C@H](N)C[C@@H]2N)OC[C@]1(C)O.O=S(=O)(O)O. The molecule has 0 radical (unpaired) electrons. The van der Waals surface area contributed by atoms with Crippen molar-refractivity contribution in [1.29, 1.82) is 0 Å². The van der Waals surface area contributed by atoms with E-state index in [2.05, 4.69) is 5.32 Å². The summed E-state index contributed by atoms with van der Waals surface area (Å²) >= 11 is 0. The molecule has 0 aromatic rings. The van der Waals surface area contributed by atoms with Crippen LogP contribution in [0.2, 0.25) is 0 Å². The third kappa shape index (κ3) is 8.23. The van der Waals surface area contributed by atoms with Crippen LogP contribution in [-0.2, 0) is 29.3 Å². The lowest BCUT2D eigenvalue weighted by atomic mass is 9.84. The minimum Gasteiger partial charge on any atom is -0.467 e. The highest BCUT2D eigenvalue weighted by atomic mass is 32.3. The Hall–Kier alpha value is -1.03. The maximum atomic E-state index is 11.0. The Morgan fingerprint density at radius 3 is 2.11 bits per heavy atom. The van der Waals surface area contributed by atoms with Crippen molar-refractivity contribution in [2.24, 2.45) is 22.9 Å².